The molecule has 1 amide bonds. The molecule has 0 radical (unpaired) electrons. The summed E-state index contributed by atoms with van der Waals surface area (Å²) in [5.74, 6) is -0.887. The number of benzene rings is 2. The van der Waals surface area contributed by atoms with Gasteiger partial charge in [0, 0.05) is 24.3 Å². The number of nitrogens with zero attached hydrogens (tertiary/aromatic N) is 1. The Kier molecular flexibility index (Phi) is 7.09. The molecule has 2 heterocycles. The number of aromatic carboxylic acids is 1. The zero-order chi connectivity index (χ0) is 26.2. The van der Waals surface area contributed by atoms with Crippen LogP contribution in [0.3, 0.4) is 0 Å². The van der Waals surface area contributed by atoms with Gasteiger partial charge in [0.25, 0.3) is 5.91 Å². The third-order valence-electron chi connectivity index (χ3n) is 7.66. The lowest BCUT2D eigenvalue weighted by Gasteiger charge is -2.32. The van der Waals surface area contributed by atoms with E-state index in [4.69, 9.17) is 0 Å². The Morgan fingerprint density at radius 3 is 2.35 bits per heavy atom. The van der Waals surface area contributed by atoms with Crippen LogP contribution in [-0.4, -0.2) is 50.0 Å². The largest absolute Gasteiger partial charge is 0.478 e. The number of rotatable bonds is 6. The number of amides is 1. The van der Waals surface area contributed by atoms with Gasteiger partial charge in [0.2, 0.25) is 0 Å². The summed E-state index contributed by atoms with van der Waals surface area (Å²) in [6, 6.07) is 15.5. The average molecular weight is 539 g/mol. The lowest BCUT2D eigenvalue weighted by Crippen LogP contribution is -2.39. The molecule has 1 aliphatic heterocycles. The first kappa shape index (κ1) is 25.5. The van der Waals surface area contributed by atoms with Crippen LogP contribution in [0, 0.1) is 0 Å². The van der Waals surface area contributed by atoms with Gasteiger partial charge in [-0.2, -0.15) is 0 Å². The molecule has 1 unspecified atom stereocenters. The number of sulfone groups is 1. The quantitative estimate of drug-likeness (QED) is 0.459. The van der Waals surface area contributed by atoms with Crippen molar-refractivity contribution in [3.63, 3.8) is 0 Å². The van der Waals surface area contributed by atoms with E-state index in [0.717, 1.165) is 30.5 Å². The Morgan fingerprint density at radius 1 is 1.00 bits per heavy atom. The molecular weight excluding hydrogens is 508 g/mol. The second-order valence-electron chi connectivity index (χ2n) is 9.90. The standard InChI is InChI=1S/C28H30N2O5S2/c1-30(23-12-14-37(34,35)15-13-23)22-10-8-19(9-11-22)26(31)29-27-25(28(32)33)24(17-36-27)21-7-6-18-4-2-3-5-20(18)16-21/h2-5,8-11,17,21,23H,6-7,12-16H2,1H3,(H,29,31)(H,32,33). The number of hydrogen-bond donors (Lipinski definition) is 2. The first-order chi connectivity index (χ1) is 17.7. The smallest absolute Gasteiger partial charge is 0.339 e. The summed E-state index contributed by atoms with van der Waals surface area (Å²) in [6.45, 7) is 0. The molecule has 0 saturated carbocycles. The van der Waals surface area contributed by atoms with Crippen molar-refractivity contribution in [2.45, 2.75) is 44.1 Å². The second-order valence-corrected chi connectivity index (χ2v) is 13.1. The minimum atomic E-state index is -2.93. The number of carbonyl (C=O) groups excluding carboxylic acids is 1. The molecule has 2 aromatic carbocycles. The maximum atomic E-state index is 13.0. The maximum absolute atomic E-state index is 13.0. The highest BCUT2D eigenvalue weighted by Crippen LogP contribution is 2.40. The summed E-state index contributed by atoms with van der Waals surface area (Å²) < 4.78 is 23.5. The molecule has 1 aromatic heterocycles. The van der Waals surface area contributed by atoms with E-state index >= 15 is 0 Å². The van der Waals surface area contributed by atoms with E-state index in [1.54, 1.807) is 12.1 Å². The fraction of sp³-hybridized carbons (Fsp3) is 0.357. The van der Waals surface area contributed by atoms with Crippen molar-refractivity contribution >= 4 is 43.7 Å². The number of thiophene rings is 1. The van der Waals surface area contributed by atoms with Gasteiger partial charge in [-0.25, -0.2) is 13.2 Å². The van der Waals surface area contributed by atoms with Gasteiger partial charge in [0.15, 0.2) is 0 Å². The fourth-order valence-corrected chi connectivity index (χ4v) is 7.94. The van der Waals surface area contributed by atoms with Gasteiger partial charge >= 0.3 is 5.97 Å². The van der Waals surface area contributed by atoms with Crippen molar-refractivity contribution in [3.8, 4) is 0 Å². The molecule has 0 spiro atoms. The number of carboxylic acids is 1. The first-order valence-corrected chi connectivity index (χ1v) is 15.2. The fourth-order valence-electron chi connectivity index (χ4n) is 5.45. The van der Waals surface area contributed by atoms with E-state index in [9.17, 15) is 23.1 Å². The van der Waals surface area contributed by atoms with Crippen LogP contribution in [-0.2, 0) is 22.7 Å². The van der Waals surface area contributed by atoms with Crippen LogP contribution in [0.5, 0.6) is 0 Å². The number of nitrogens with one attached hydrogen (secondary N) is 1. The SMILES string of the molecule is CN(c1ccc(C(=O)Nc2scc(C3CCc4ccccc4C3)c2C(=O)O)cc1)C1CCS(=O)(=O)CC1. The van der Waals surface area contributed by atoms with Crippen molar-refractivity contribution in [1.29, 1.82) is 0 Å². The number of carbonyl (C=O) groups is 2. The van der Waals surface area contributed by atoms with E-state index in [1.807, 2.05) is 36.7 Å². The third-order valence-corrected chi connectivity index (χ3v) is 10.3. The highest BCUT2D eigenvalue weighted by molar-refractivity contribution is 7.91. The Labute approximate surface area is 221 Å². The molecule has 37 heavy (non-hydrogen) atoms. The summed E-state index contributed by atoms with van der Waals surface area (Å²) in [4.78, 5) is 27.3. The summed E-state index contributed by atoms with van der Waals surface area (Å²) in [6.07, 6.45) is 3.76. The summed E-state index contributed by atoms with van der Waals surface area (Å²) in [5.41, 5.74) is 4.89. The molecule has 9 heteroatoms. The summed E-state index contributed by atoms with van der Waals surface area (Å²) >= 11 is 1.26. The Balaban J connectivity index is 1.29. The predicted octanol–water partition coefficient (Wildman–Crippen LogP) is 4.98. The van der Waals surface area contributed by atoms with Crippen LogP contribution in [0.2, 0.25) is 0 Å². The number of carboxylic acid groups (broad SMARTS) is 1. The van der Waals surface area contributed by atoms with E-state index in [0.29, 0.717) is 23.4 Å². The number of aryl methyl sites for hydroxylation is 1. The van der Waals surface area contributed by atoms with Crippen LogP contribution in [0.25, 0.3) is 0 Å². The predicted molar refractivity (Wildman–Crippen MR) is 147 cm³/mol. The van der Waals surface area contributed by atoms with E-state index < -0.39 is 15.8 Å². The maximum Gasteiger partial charge on any atom is 0.339 e. The van der Waals surface area contributed by atoms with Gasteiger partial charge in [-0.15, -0.1) is 11.3 Å². The van der Waals surface area contributed by atoms with Crippen molar-refractivity contribution in [2.24, 2.45) is 0 Å². The minimum absolute atomic E-state index is 0.104. The van der Waals surface area contributed by atoms with Gasteiger partial charge in [0.1, 0.15) is 14.8 Å². The molecule has 3 aromatic rings. The van der Waals surface area contributed by atoms with Gasteiger partial charge in [-0.3, -0.25) is 4.79 Å². The molecule has 5 rings (SSSR count). The zero-order valence-electron chi connectivity index (χ0n) is 20.6. The Bertz CT molecular complexity index is 1420. The van der Waals surface area contributed by atoms with E-state index in [1.165, 1.54) is 22.5 Å². The average Bonchev–Trinajstić information content (AvgIpc) is 3.32. The molecule has 2 aliphatic rings. The second kappa shape index (κ2) is 10.3. The van der Waals surface area contributed by atoms with E-state index in [-0.39, 0.29) is 34.9 Å². The number of anilines is 2. The lowest BCUT2D eigenvalue weighted by atomic mass is 9.80. The van der Waals surface area contributed by atoms with Crippen LogP contribution in [0.1, 0.15) is 62.6 Å². The normalized spacial score (nSPS) is 19.1. The third kappa shape index (κ3) is 5.43. The van der Waals surface area contributed by atoms with Crippen molar-refractivity contribution < 1.29 is 23.1 Å². The molecular formula is C28H30N2O5S2. The molecule has 0 bridgehead atoms. The number of fused-ring (bicyclic) bond motifs is 1. The molecule has 2 N–H and O–H groups in total. The van der Waals surface area contributed by atoms with Crippen molar-refractivity contribution in [1.82, 2.24) is 0 Å². The van der Waals surface area contributed by atoms with Crippen LogP contribution >= 0.6 is 11.3 Å². The topological polar surface area (TPSA) is 104 Å². The monoisotopic (exact) mass is 538 g/mol. The van der Waals surface area contributed by atoms with Crippen LogP contribution in [0.15, 0.2) is 53.9 Å². The molecule has 1 aliphatic carbocycles. The van der Waals surface area contributed by atoms with Gasteiger partial charge in [-0.05, 0) is 84.4 Å². The van der Waals surface area contributed by atoms with Gasteiger partial charge < -0.3 is 15.3 Å². The number of hydrogen-bond acceptors (Lipinski definition) is 6. The van der Waals surface area contributed by atoms with E-state index in [2.05, 4.69) is 22.3 Å². The summed E-state index contributed by atoms with van der Waals surface area (Å²) in [7, 11) is -0.990. The van der Waals surface area contributed by atoms with Crippen molar-refractivity contribution in [3.05, 3.63) is 81.7 Å². The van der Waals surface area contributed by atoms with Crippen LogP contribution < -0.4 is 10.2 Å². The highest BCUT2D eigenvalue weighted by atomic mass is 32.2. The molecule has 1 fully saturated rings. The molecule has 194 valence electrons. The summed E-state index contributed by atoms with van der Waals surface area (Å²) in [5, 5.41) is 15.1. The first-order valence-electron chi connectivity index (χ1n) is 12.5. The zero-order valence-corrected chi connectivity index (χ0v) is 22.3. The molecule has 1 atom stereocenters. The van der Waals surface area contributed by atoms with Crippen LogP contribution in [0.4, 0.5) is 10.7 Å². The van der Waals surface area contributed by atoms with Crippen molar-refractivity contribution in [2.75, 3.05) is 28.8 Å². The molecule has 7 nitrogen and oxygen atoms in total. The van der Waals surface area contributed by atoms with Gasteiger partial charge in [-0.1, -0.05) is 24.3 Å². The minimum Gasteiger partial charge on any atom is -0.478 e. The Morgan fingerprint density at radius 2 is 1.68 bits per heavy atom. The highest BCUT2D eigenvalue weighted by Gasteiger charge is 2.29. The Hall–Kier alpha value is -3.17. The lowest BCUT2D eigenvalue weighted by molar-refractivity contribution is 0.0696. The van der Waals surface area contributed by atoms with Gasteiger partial charge in [0.05, 0.1) is 17.1 Å². The molecule has 1 saturated heterocycles.